The summed E-state index contributed by atoms with van der Waals surface area (Å²) in [5.41, 5.74) is 0.944. The summed E-state index contributed by atoms with van der Waals surface area (Å²) in [7, 11) is 1.82. The van der Waals surface area contributed by atoms with Gasteiger partial charge in [0, 0.05) is 18.8 Å². The highest BCUT2D eigenvalue weighted by Gasteiger charge is 2.00. The molecule has 4 nitrogen and oxygen atoms in total. The summed E-state index contributed by atoms with van der Waals surface area (Å²) in [6.45, 7) is 1.88. The molecule has 2 N–H and O–H groups in total. The first kappa shape index (κ1) is 13.2. The van der Waals surface area contributed by atoms with Crippen molar-refractivity contribution in [2.24, 2.45) is 12.9 Å². The number of nitrogens with two attached hydrogens (primary N) is 1. The van der Waals surface area contributed by atoms with Crippen LogP contribution in [0, 0.1) is 6.92 Å². The van der Waals surface area contributed by atoms with Crippen LogP contribution in [0.1, 0.15) is 5.56 Å². The Kier molecular flexibility index (Phi) is 6.26. The summed E-state index contributed by atoms with van der Waals surface area (Å²) in [6.07, 6.45) is 1.84. The van der Waals surface area contributed by atoms with Gasteiger partial charge in [0.2, 0.25) is 0 Å². The fourth-order valence-electron chi connectivity index (χ4n) is 0.703. The molecular formula is C5H11Cl2N3O. The van der Waals surface area contributed by atoms with E-state index < -0.39 is 0 Å². The van der Waals surface area contributed by atoms with Crippen LogP contribution in [0.2, 0.25) is 0 Å². The number of aromatic nitrogens is 2. The van der Waals surface area contributed by atoms with Gasteiger partial charge in [-0.1, -0.05) is 0 Å². The SMILES string of the molecule is Cc1cn(C)nc1ON.Cl.Cl. The van der Waals surface area contributed by atoms with Crippen LogP contribution in [0.4, 0.5) is 0 Å². The third-order valence-corrected chi connectivity index (χ3v) is 1.08. The first-order chi connectivity index (χ1) is 4.24. The zero-order valence-electron chi connectivity index (χ0n) is 6.27. The van der Waals surface area contributed by atoms with Crippen LogP contribution in [0.25, 0.3) is 0 Å². The Morgan fingerprint density at radius 2 is 2.09 bits per heavy atom. The fourth-order valence-corrected chi connectivity index (χ4v) is 0.703. The van der Waals surface area contributed by atoms with Crippen molar-refractivity contribution in [1.82, 2.24) is 9.78 Å². The molecule has 0 aliphatic heterocycles. The van der Waals surface area contributed by atoms with Gasteiger partial charge in [0.15, 0.2) is 0 Å². The van der Waals surface area contributed by atoms with Crippen molar-refractivity contribution in [3.63, 3.8) is 0 Å². The van der Waals surface area contributed by atoms with Crippen LogP contribution in [-0.4, -0.2) is 9.78 Å². The molecule has 0 atom stereocenters. The lowest BCUT2D eigenvalue weighted by Gasteiger charge is -1.89. The van der Waals surface area contributed by atoms with Crippen LogP contribution in [0.3, 0.4) is 0 Å². The predicted octanol–water partition coefficient (Wildman–Crippen LogP) is 0.825. The van der Waals surface area contributed by atoms with Crippen molar-refractivity contribution >= 4 is 24.8 Å². The second-order valence-electron chi connectivity index (χ2n) is 1.91. The first-order valence-electron chi connectivity index (χ1n) is 2.61. The Morgan fingerprint density at radius 3 is 2.27 bits per heavy atom. The van der Waals surface area contributed by atoms with Gasteiger partial charge >= 0.3 is 0 Å². The lowest BCUT2D eigenvalue weighted by Crippen LogP contribution is -2.03. The zero-order valence-corrected chi connectivity index (χ0v) is 7.91. The second-order valence-corrected chi connectivity index (χ2v) is 1.91. The lowest BCUT2D eigenvalue weighted by molar-refractivity contribution is 0.315. The lowest BCUT2D eigenvalue weighted by atomic mass is 10.4. The van der Waals surface area contributed by atoms with E-state index in [0.717, 1.165) is 5.56 Å². The van der Waals surface area contributed by atoms with Gasteiger partial charge in [0.1, 0.15) is 0 Å². The van der Waals surface area contributed by atoms with E-state index in [9.17, 15) is 0 Å². The molecule has 1 aromatic heterocycles. The average Bonchev–Trinajstić information content (AvgIpc) is 2.10. The number of hydrogen-bond acceptors (Lipinski definition) is 3. The molecule has 0 radical (unpaired) electrons. The maximum Gasteiger partial charge on any atom is 0.258 e. The third-order valence-electron chi connectivity index (χ3n) is 1.08. The van der Waals surface area contributed by atoms with E-state index in [4.69, 9.17) is 5.90 Å². The molecule has 0 amide bonds. The highest BCUT2D eigenvalue weighted by atomic mass is 35.5. The Labute approximate surface area is 77.5 Å². The van der Waals surface area contributed by atoms with E-state index in [2.05, 4.69) is 9.94 Å². The van der Waals surface area contributed by atoms with Gasteiger partial charge in [0.05, 0.1) is 0 Å². The summed E-state index contributed by atoms with van der Waals surface area (Å²) in [5, 5.41) is 3.90. The largest absolute Gasteiger partial charge is 0.389 e. The summed E-state index contributed by atoms with van der Waals surface area (Å²) in [4.78, 5) is 4.43. The van der Waals surface area contributed by atoms with E-state index in [0.29, 0.717) is 5.88 Å². The molecule has 0 aliphatic rings. The van der Waals surface area contributed by atoms with E-state index in [1.54, 1.807) is 4.68 Å². The molecule has 0 fully saturated rings. The molecular weight excluding hydrogens is 189 g/mol. The highest BCUT2D eigenvalue weighted by Crippen LogP contribution is 2.10. The molecule has 11 heavy (non-hydrogen) atoms. The van der Waals surface area contributed by atoms with E-state index in [1.165, 1.54) is 0 Å². The molecule has 6 heteroatoms. The molecule has 1 heterocycles. The van der Waals surface area contributed by atoms with Crippen LogP contribution in [0.5, 0.6) is 5.88 Å². The Hall–Kier alpha value is -0.450. The van der Waals surface area contributed by atoms with E-state index in [1.807, 2.05) is 20.2 Å². The van der Waals surface area contributed by atoms with Gasteiger partial charge in [-0.05, 0) is 6.92 Å². The monoisotopic (exact) mass is 199 g/mol. The summed E-state index contributed by atoms with van der Waals surface area (Å²) < 4.78 is 1.65. The van der Waals surface area contributed by atoms with Crippen LogP contribution >= 0.6 is 24.8 Å². The highest BCUT2D eigenvalue weighted by molar-refractivity contribution is 5.85. The minimum atomic E-state index is 0. The van der Waals surface area contributed by atoms with Gasteiger partial charge < -0.3 is 4.84 Å². The molecule has 0 saturated carbocycles. The Balaban J connectivity index is 0. The van der Waals surface area contributed by atoms with Gasteiger partial charge in [-0.2, -0.15) is 5.90 Å². The normalized spacial score (nSPS) is 7.91. The minimum absolute atomic E-state index is 0. The third kappa shape index (κ3) is 2.96. The predicted molar refractivity (Wildman–Crippen MR) is 47.3 cm³/mol. The first-order valence-corrected chi connectivity index (χ1v) is 2.61. The Morgan fingerprint density at radius 1 is 1.55 bits per heavy atom. The number of nitrogens with zero attached hydrogens (tertiary/aromatic N) is 2. The van der Waals surface area contributed by atoms with Gasteiger partial charge in [-0.15, -0.1) is 29.9 Å². The molecule has 0 unspecified atom stereocenters. The van der Waals surface area contributed by atoms with E-state index in [-0.39, 0.29) is 24.8 Å². The molecule has 66 valence electrons. The van der Waals surface area contributed by atoms with Crippen molar-refractivity contribution in [2.75, 3.05) is 0 Å². The van der Waals surface area contributed by atoms with Crippen LogP contribution in [0.15, 0.2) is 6.20 Å². The van der Waals surface area contributed by atoms with Crippen molar-refractivity contribution in [1.29, 1.82) is 0 Å². The van der Waals surface area contributed by atoms with Gasteiger partial charge in [0.25, 0.3) is 5.88 Å². The van der Waals surface area contributed by atoms with E-state index >= 15 is 0 Å². The number of aryl methyl sites for hydroxylation is 2. The van der Waals surface area contributed by atoms with Gasteiger partial charge in [-0.25, -0.2) is 0 Å². The zero-order chi connectivity index (χ0) is 6.85. The average molecular weight is 200 g/mol. The number of halogens is 2. The molecule has 0 bridgehead atoms. The summed E-state index contributed by atoms with van der Waals surface area (Å²) >= 11 is 0. The molecule has 1 rings (SSSR count). The molecule has 1 aromatic rings. The quantitative estimate of drug-likeness (QED) is 0.683. The smallest absolute Gasteiger partial charge is 0.258 e. The van der Waals surface area contributed by atoms with Gasteiger partial charge in [-0.3, -0.25) is 4.68 Å². The summed E-state index contributed by atoms with van der Waals surface area (Å²) in [5.74, 6) is 5.37. The number of rotatable bonds is 1. The number of hydrogen-bond donors (Lipinski definition) is 1. The Bertz CT molecular complexity index is 213. The van der Waals surface area contributed by atoms with Crippen LogP contribution in [-0.2, 0) is 7.05 Å². The topological polar surface area (TPSA) is 53.1 Å². The maximum atomic E-state index is 4.89. The standard InChI is InChI=1S/C5H9N3O.2ClH/c1-4-3-8(2)7-5(4)9-6;;/h3H,6H2,1-2H3;2*1H. The van der Waals surface area contributed by atoms with Crippen molar-refractivity contribution in [3.8, 4) is 5.88 Å². The fraction of sp³-hybridized carbons (Fsp3) is 0.400. The molecule has 0 aliphatic carbocycles. The second kappa shape index (κ2) is 5.23. The molecule has 0 aromatic carbocycles. The molecule has 0 saturated heterocycles. The van der Waals surface area contributed by atoms with Crippen molar-refractivity contribution < 1.29 is 4.84 Å². The van der Waals surface area contributed by atoms with Crippen molar-refractivity contribution in [3.05, 3.63) is 11.8 Å². The van der Waals surface area contributed by atoms with Crippen LogP contribution < -0.4 is 10.7 Å². The maximum absolute atomic E-state index is 4.89. The minimum Gasteiger partial charge on any atom is -0.389 e. The molecule has 0 spiro atoms. The van der Waals surface area contributed by atoms with Crippen molar-refractivity contribution in [2.45, 2.75) is 6.92 Å². The summed E-state index contributed by atoms with van der Waals surface area (Å²) in [6, 6.07) is 0.